The van der Waals surface area contributed by atoms with E-state index in [0.29, 0.717) is 11.8 Å². The van der Waals surface area contributed by atoms with Crippen LogP contribution in [0, 0.1) is 11.6 Å². The molecule has 31 heavy (non-hydrogen) atoms. The van der Waals surface area contributed by atoms with Crippen molar-refractivity contribution in [3.8, 4) is 0 Å². The maximum absolute atomic E-state index is 15.7. The van der Waals surface area contributed by atoms with Crippen molar-refractivity contribution in [2.24, 2.45) is 0 Å². The van der Waals surface area contributed by atoms with Crippen molar-refractivity contribution in [3.63, 3.8) is 0 Å². The Morgan fingerprint density at radius 2 is 1.81 bits per heavy atom. The minimum Gasteiger partial charge on any atom is -0.377 e. The van der Waals surface area contributed by atoms with Crippen LogP contribution in [-0.4, -0.2) is 43.4 Å². The zero-order valence-electron chi connectivity index (χ0n) is 16.4. The van der Waals surface area contributed by atoms with Crippen molar-refractivity contribution in [2.45, 2.75) is 37.3 Å². The fraction of sp³-hybridized carbons (Fsp3) is 0.400. The molecule has 1 N–H and O–H groups in total. The highest BCUT2D eigenvalue weighted by atomic mass is 19.3. The van der Waals surface area contributed by atoms with Gasteiger partial charge in [0.05, 0.1) is 18.4 Å². The van der Waals surface area contributed by atoms with Crippen LogP contribution in [-0.2, 0) is 18.1 Å². The van der Waals surface area contributed by atoms with E-state index in [2.05, 4.69) is 20.5 Å². The molecule has 164 valence electrons. The van der Waals surface area contributed by atoms with Gasteiger partial charge in [-0.1, -0.05) is 0 Å². The number of hydrogen-bond donors (Lipinski definition) is 1. The molecule has 4 rings (SSSR count). The van der Waals surface area contributed by atoms with Gasteiger partial charge >= 0.3 is 5.92 Å². The maximum Gasteiger partial charge on any atom is 0.323 e. The minimum atomic E-state index is -4.06. The predicted octanol–water partition coefficient (Wildman–Crippen LogP) is 3.02. The molecule has 7 nitrogen and oxygen atoms in total. The van der Waals surface area contributed by atoms with Gasteiger partial charge in [-0.15, -0.1) is 5.10 Å². The summed E-state index contributed by atoms with van der Waals surface area (Å²) in [6.07, 6.45) is 5.46. The molecule has 11 heteroatoms. The zero-order valence-corrected chi connectivity index (χ0v) is 16.4. The maximum atomic E-state index is 15.7. The molecule has 1 aliphatic rings. The summed E-state index contributed by atoms with van der Waals surface area (Å²) in [5, 5.41) is 21.4. The fourth-order valence-corrected chi connectivity index (χ4v) is 3.79. The van der Waals surface area contributed by atoms with E-state index in [1.165, 1.54) is 12.3 Å². The number of halogens is 4. The van der Waals surface area contributed by atoms with Crippen molar-refractivity contribution >= 4 is 5.69 Å². The molecular weight excluding hydrogens is 416 g/mol. The van der Waals surface area contributed by atoms with Crippen LogP contribution >= 0.6 is 0 Å². The number of aliphatic hydroxyl groups is 1. The number of anilines is 1. The van der Waals surface area contributed by atoms with Gasteiger partial charge < -0.3 is 10.0 Å². The third-order valence-electron chi connectivity index (χ3n) is 5.47. The van der Waals surface area contributed by atoms with Gasteiger partial charge in [0.2, 0.25) is 0 Å². The van der Waals surface area contributed by atoms with E-state index in [1.54, 1.807) is 0 Å². The van der Waals surface area contributed by atoms with Gasteiger partial charge in [0, 0.05) is 24.7 Å². The second-order valence-corrected chi connectivity index (χ2v) is 7.52. The highest BCUT2D eigenvalue weighted by Gasteiger charge is 2.58. The van der Waals surface area contributed by atoms with E-state index < -0.39 is 41.0 Å². The number of aromatic nitrogens is 5. The molecule has 1 aromatic carbocycles. The molecular formula is C20H20F4N6O. The first-order valence-electron chi connectivity index (χ1n) is 9.79. The second kappa shape index (κ2) is 8.22. The van der Waals surface area contributed by atoms with Crippen molar-refractivity contribution in [3.05, 3.63) is 65.7 Å². The molecule has 0 saturated carbocycles. The number of pyridine rings is 1. The molecule has 3 aromatic rings. The van der Waals surface area contributed by atoms with E-state index in [9.17, 15) is 13.9 Å². The molecule has 1 unspecified atom stereocenters. The fourth-order valence-electron chi connectivity index (χ4n) is 3.79. The number of rotatable bonds is 6. The lowest BCUT2D eigenvalue weighted by Crippen LogP contribution is -2.48. The average molecular weight is 436 g/mol. The van der Waals surface area contributed by atoms with E-state index in [1.807, 2.05) is 4.90 Å². The number of nitrogens with zero attached hydrogens (tertiary/aromatic N) is 6. The summed E-state index contributed by atoms with van der Waals surface area (Å²) >= 11 is 0. The Balaban J connectivity index is 1.74. The molecule has 0 radical (unpaired) electrons. The summed E-state index contributed by atoms with van der Waals surface area (Å²) in [6.45, 7) is 0.730. The number of alkyl halides is 2. The van der Waals surface area contributed by atoms with Crippen LogP contribution in [0.25, 0.3) is 0 Å². The predicted molar refractivity (Wildman–Crippen MR) is 102 cm³/mol. The van der Waals surface area contributed by atoms with Gasteiger partial charge in [0.1, 0.15) is 23.7 Å². The monoisotopic (exact) mass is 436 g/mol. The highest BCUT2D eigenvalue weighted by Crippen LogP contribution is 2.46. The summed E-state index contributed by atoms with van der Waals surface area (Å²) in [5.41, 5.74) is -4.00. The Labute approximate surface area is 175 Å². The molecule has 1 saturated heterocycles. The number of benzene rings is 1. The Kier molecular flexibility index (Phi) is 5.61. The van der Waals surface area contributed by atoms with Gasteiger partial charge in [0.15, 0.2) is 5.60 Å². The normalized spacial score (nSPS) is 16.9. The van der Waals surface area contributed by atoms with Crippen LogP contribution in [0.1, 0.15) is 30.5 Å². The third kappa shape index (κ3) is 3.97. The molecule has 1 atom stereocenters. The lowest BCUT2D eigenvalue weighted by atomic mass is 9.84. The van der Waals surface area contributed by atoms with E-state index in [4.69, 9.17) is 0 Å². The molecule has 1 aliphatic heterocycles. The summed E-state index contributed by atoms with van der Waals surface area (Å²) in [6, 6.07) is 4.62. The first kappa shape index (κ1) is 21.2. The summed E-state index contributed by atoms with van der Waals surface area (Å²) in [7, 11) is 0. The van der Waals surface area contributed by atoms with Crippen LogP contribution in [0.15, 0.2) is 42.9 Å². The SMILES string of the molecule is OC(Cn1cnnn1)(c1ccc(F)cc1F)C(F)(F)c1ccc(N2CCCCC2)cn1. The van der Waals surface area contributed by atoms with Crippen LogP contribution in [0.2, 0.25) is 0 Å². The summed E-state index contributed by atoms with van der Waals surface area (Å²) < 4.78 is 60.1. The Morgan fingerprint density at radius 3 is 2.42 bits per heavy atom. The molecule has 2 aromatic heterocycles. The number of tetrazole rings is 1. The van der Waals surface area contributed by atoms with Crippen LogP contribution in [0.4, 0.5) is 23.2 Å². The summed E-state index contributed by atoms with van der Waals surface area (Å²) in [4.78, 5) is 5.93. The van der Waals surface area contributed by atoms with Crippen LogP contribution < -0.4 is 4.90 Å². The van der Waals surface area contributed by atoms with Crippen molar-refractivity contribution < 1.29 is 22.7 Å². The average Bonchev–Trinajstić information content (AvgIpc) is 3.27. The topological polar surface area (TPSA) is 80.0 Å². The van der Waals surface area contributed by atoms with Crippen molar-refractivity contribution in [1.82, 2.24) is 25.2 Å². The Hall–Kier alpha value is -3.08. The van der Waals surface area contributed by atoms with Gasteiger partial charge in [-0.2, -0.15) is 8.78 Å². The lowest BCUT2D eigenvalue weighted by molar-refractivity contribution is -0.207. The van der Waals surface area contributed by atoms with Gasteiger partial charge in [-0.25, -0.2) is 13.5 Å². The highest BCUT2D eigenvalue weighted by molar-refractivity contribution is 5.45. The molecule has 0 amide bonds. The molecule has 1 fully saturated rings. The van der Waals surface area contributed by atoms with Gasteiger partial charge in [-0.05, 0) is 54.0 Å². The molecule has 0 aliphatic carbocycles. The zero-order chi connectivity index (χ0) is 22.1. The van der Waals surface area contributed by atoms with E-state index in [-0.39, 0.29) is 0 Å². The van der Waals surface area contributed by atoms with Crippen molar-refractivity contribution in [1.29, 1.82) is 0 Å². The largest absolute Gasteiger partial charge is 0.377 e. The third-order valence-corrected chi connectivity index (χ3v) is 5.47. The molecule has 3 heterocycles. The van der Waals surface area contributed by atoms with Crippen LogP contribution in [0.3, 0.4) is 0 Å². The minimum absolute atomic E-state index is 0.433. The molecule has 0 bridgehead atoms. The summed E-state index contributed by atoms with van der Waals surface area (Å²) in [5.74, 6) is -6.34. The second-order valence-electron chi connectivity index (χ2n) is 7.52. The van der Waals surface area contributed by atoms with E-state index in [0.717, 1.165) is 61.6 Å². The first-order valence-corrected chi connectivity index (χ1v) is 9.79. The number of piperidine rings is 1. The van der Waals surface area contributed by atoms with E-state index >= 15 is 8.78 Å². The lowest BCUT2D eigenvalue weighted by Gasteiger charge is -2.36. The van der Waals surface area contributed by atoms with Crippen LogP contribution in [0.5, 0.6) is 0 Å². The number of hydrogen-bond acceptors (Lipinski definition) is 6. The molecule has 0 spiro atoms. The smallest absolute Gasteiger partial charge is 0.323 e. The van der Waals surface area contributed by atoms with Gasteiger partial charge in [0.25, 0.3) is 0 Å². The Morgan fingerprint density at radius 1 is 1.03 bits per heavy atom. The van der Waals surface area contributed by atoms with Gasteiger partial charge in [-0.3, -0.25) is 4.98 Å². The van der Waals surface area contributed by atoms with Crippen molar-refractivity contribution in [2.75, 3.05) is 18.0 Å². The standard InChI is InChI=1S/C20H20F4N6O/c21-14-4-6-16(17(22)10-14)19(31,12-30-13-26-27-28-30)20(23,24)18-7-5-15(11-25-18)29-8-2-1-3-9-29/h4-7,10-11,13,31H,1-3,8-9,12H2. The Bertz CT molecular complexity index is 1020. The first-order chi connectivity index (χ1) is 14.8. The quantitative estimate of drug-likeness (QED) is 0.599.